The molecule has 0 radical (unpaired) electrons. The highest BCUT2D eigenvalue weighted by atomic mass is 16.5. The van der Waals surface area contributed by atoms with E-state index in [9.17, 15) is 9.59 Å². The number of carbonyl (C=O) groups excluding carboxylic acids is 2. The molecule has 2 aromatic carbocycles. The Balaban J connectivity index is 1.30. The molecule has 1 fully saturated rings. The van der Waals surface area contributed by atoms with E-state index in [0.717, 1.165) is 38.4 Å². The van der Waals surface area contributed by atoms with Gasteiger partial charge in [0.1, 0.15) is 5.75 Å². The van der Waals surface area contributed by atoms with Crippen molar-refractivity contribution in [2.24, 2.45) is 0 Å². The normalized spacial score (nSPS) is 19.6. The summed E-state index contributed by atoms with van der Waals surface area (Å²) >= 11 is 0. The van der Waals surface area contributed by atoms with Crippen LogP contribution in [0.4, 0.5) is 5.69 Å². The molecule has 0 saturated carbocycles. The van der Waals surface area contributed by atoms with Crippen LogP contribution in [0.3, 0.4) is 0 Å². The van der Waals surface area contributed by atoms with E-state index in [4.69, 9.17) is 4.74 Å². The number of rotatable bonds is 5. The maximum absolute atomic E-state index is 12.7. The second-order valence-corrected chi connectivity index (χ2v) is 7.61. The van der Waals surface area contributed by atoms with E-state index < -0.39 is 6.10 Å². The summed E-state index contributed by atoms with van der Waals surface area (Å²) in [4.78, 5) is 31.3. The zero-order chi connectivity index (χ0) is 20.2. The molecule has 0 aliphatic carbocycles. The average molecular weight is 393 g/mol. The molecule has 0 spiro atoms. The Kier molecular flexibility index (Phi) is 5.81. The van der Waals surface area contributed by atoms with E-state index in [1.807, 2.05) is 35.2 Å². The van der Waals surface area contributed by atoms with Crippen molar-refractivity contribution < 1.29 is 14.3 Å². The molecule has 6 nitrogen and oxygen atoms in total. The fraction of sp³-hybridized carbons (Fsp3) is 0.391. The molecule has 1 saturated heterocycles. The minimum absolute atomic E-state index is 0.0934. The maximum atomic E-state index is 12.7. The summed E-state index contributed by atoms with van der Waals surface area (Å²) in [5.41, 5.74) is 2.04. The number of hydrogen-bond donors (Lipinski definition) is 0. The van der Waals surface area contributed by atoms with Crippen LogP contribution < -0.4 is 9.64 Å². The van der Waals surface area contributed by atoms with Gasteiger partial charge < -0.3 is 14.5 Å². The lowest BCUT2D eigenvalue weighted by Crippen LogP contribution is -2.50. The van der Waals surface area contributed by atoms with Gasteiger partial charge in [0.2, 0.25) is 5.91 Å². The molecule has 6 heteroatoms. The first-order valence-electron chi connectivity index (χ1n) is 10.2. The van der Waals surface area contributed by atoms with Crippen LogP contribution in [0.25, 0.3) is 0 Å². The summed E-state index contributed by atoms with van der Waals surface area (Å²) in [6.07, 6.45) is -0.201. The van der Waals surface area contributed by atoms with Crippen LogP contribution in [-0.2, 0) is 16.1 Å². The van der Waals surface area contributed by atoms with E-state index in [1.54, 1.807) is 11.8 Å². The van der Waals surface area contributed by atoms with Crippen LogP contribution in [0, 0.1) is 0 Å². The van der Waals surface area contributed by atoms with Crippen molar-refractivity contribution in [1.82, 2.24) is 9.80 Å². The van der Waals surface area contributed by atoms with E-state index in [0.29, 0.717) is 18.7 Å². The Morgan fingerprint density at radius 1 is 1.00 bits per heavy atom. The molecule has 29 heavy (non-hydrogen) atoms. The van der Waals surface area contributed by atoms with Gasteiger partial charge in [0.25, 0.3) is 5.91 Å². The molecule has 2 aromatic rings. The minimum Gasteiger partial charge on any atom is -0.479 e. The Morgan fingerprint density at radius 3 is 2.45 bits per heavy atom. The van der Waals surface area contributed by atoms with Gasteiger partial charge in [-0.3, -0.25) is 14.5 Å². The van der Waals surface area contributed by atoms with Crippen LogP contribution in [0.2, 0.25) is 0 Å². The number of fused-ring (bicyclic) bond motifs is 1. The van der Waals surface area contributed by atoms with Crippen LogP contribution in [0.5, 0.6) is 5.75 Å². The number of para-hydroxylation sites is 2. The number of piperazine rings is 1. The molecular formula is C23H27N3O3. The zero-order valence-corrected chi connectivity index (χ0v) is 16.8. The standard InChI is InChI=1S/C23H27N3O3/c1-18-23(28)26(20-9-5-6-10-21(20)29-18)12-11-22(27)25-15-13-24(14-16-25)17-19-7-3-2-4-8-19/h2-10,18H,11-17H2,1H3. The van der Waals surface area contributed by atoms with Gasteiger partial charge in [-0.2, -0.15) is 0 Å². The van der Waals surface area contributed by atoms with Crippen LogP contribution in [0.15, 0.2) is 54.6 Å². The van der Waals surface area contributed by atoms with E-state index in [-0.39, 0.29) is 11.8 Å². The summed E-state index contributed by atoms with van der Waals surface area (Å²) in [6.45, 7) is 6.25. The first-order chi connectivity index (χ1) is 14.1. The fourth-order valence-electron chi connectivity index (χ4n) is 3.95. The number of hydrogen-bond acceptors (Lipinski definition) is 4. The predicted octanol–water partition coefficient (Wildman–Crippen LogP) is 2.54. The van der Waals surface area contributed by atoms with Gasteiger partial charge >= 0.3 is 0 Å². The third-order valence-corrected chi connectivity index (χ3v) is 5.60. The number of carbonyl (C=O) groups is 2. The molecule has 2 amide bonds. The molecule has 4 rings (SSSR count). The Hall–Kier alpha value is -2.86. The highest BCUT2D eigenvalue weighted by Gasteiger charge is 2.32. The highest BCUT2D eigenvalue weighted by Crippen LogP contribution is 2.33. The van der Waals surface area contributed by atoms with Crippen molar-refractivity contribution in [3.63, 3.8) is 0 Å². The molecular weight excluding hydrogens is 366 g/mol. The van der Waals surface area contributed by atoms with Gasteiger partial charge in [0.15, 0.2) is 6.10 Å². The zero-order valence-electron chi connectivity index (χ0n) is 16.8. The summed E-state index contributed by atoms with van der Waals surface area (Å²) in [5, 5.41) is 0. The van der Waals surface area contributed by atoms with Crippen molar-refractivity contribution in [3.8, 4) is 5.75 Å². The number of amides is 2. The molecule has 2 aliphatic heterocycles. The molecule has 152 valence electrons. The third-order valence-electron chi connectivity index (χ3n) is 5.60. The van der Waals surface area contributed by atoms with E-state index in [2.05, 4.69) is 29.2 Å². The van der Waals surface area contributed by atoms with Crippen LogP contribution in [-0.4, -0.2) is 60.4 Å². The van der Waals surface area contributed by atoms with Crippen LogP contribution in [0.1, 0.15) is 18.9 Å². The molecule has 0 bridgehead atoms. The topological polar surface area (TPSA) is 53.1 Å². The Labute approximate surface area is 171 Å². The number of ether oxygens (including phenoxy) is 1. The quantitative estimate of drug-likeness (QED) is 0.783. The summed E-state index contributed by atoms with van der Waals surface area (Å²) < 4.78 is 5.67. The van der Waals surface area contributed by atoms with Crippen molar-refractivity contribution in [3.05, 3.63) is 60.2 Å². The number of nitrogens with zero attached hydrogens (tertiary/aromatic N) is 3. The van der Waals surface area contributed by atoms with Crippen LogP contribution >= 0.6 is 0 Å². The number of anilines is 1. The predicted molar refractivity (Wildman–Crippen MR) is 112 cm³/mol. The van der Waals surface area contributed by atoms with Crippen molar-refractivity contribution in [2.75, 3.05) is 37.6 Å². The smallest absolute Gasteiger partial charge is 0.267 e. The summed E-state index contributed by atoms with van der Waals surface area (Å²) in [5.74, 6) is 0.708. The summed E-state index contributed by atoms with van der Waals surface area (Å²) in [6, 6.07) is 17.9. The van der Waals surface area contributed by atoms with Crippen molar-refractivity contribution in [1.29, 1.82) is 0 Å². The first-order valence-corrected chi connectivity index (χ1v) is 10.2. The fourth-order valence-corrected chi connectivity index (χ4v) is 3.95. The lowest BCUT2D eigenvalue weighted by molar-refractivity contribution is -0.133. The van der Waals surface area contributed by atoms with Gasteiger partial charge in [-0.1, -0.05) is 42.5 Å². The Morgan fingerprint density at radius 2 is 1.69 bits per heavy atom. The maximum Gasteiger partial charge on any atom is 0.267 e. The SMILES string of the molecule is CC1Oc2ccccc2N(CCC(=O)N2CCN(Cc3ccccc3)CC2)C1=O. The first kappa shape index (κ1) is 19.5. The van der Waals surface area contributed by atoms with E-state index >= 15 is 0 Å². The third kappa shape index (κ3) is 4.43. The molecule has 0 aromatic heterocycles. The van der Waals surface area contributed by atoms with Gasteiger partial charge in [0.05, 0.1) is 5.69 Å². The van der Waals surface area contributed by atoms with Crippen molar-refractivity contribution >= 4 is 17.5 Å². The molecule has 1 atom stereocenters. The minimum atomic E-state index is -0.526. The lowest BCUT2D eigenvalue weighted by atomic mass is 10.1. The second-order valence-electron chi connectivity index (χ2n) is 7.61. The van der Waals surface area contributed by atoms with Gasteiger partial charge in [0, 0.05) is 45.7 Å². The van der Waals surface area contributed by atoms with Gasteiger partial charge in [-0.05, 0) is 24.6 Å². The molecule has 2 aliphatic rings. The molecule has 1 unspecified atom stereocenters. The van der Waals surface area contributed by atoms with Gasteiger partial charge in [-0.15, -0.1) is 0 Å². The number of benzene rings is 2. The van der Waals surface area contributed by atoms with Crippen molar-refractivity contribution in [2.45, 2.75) is 26.0 Å². The molecule has 2 heterocycles. The molecule has 0 N–H and O–H groups in total. The summed E-state index contributed by atoms with van der Waals surface area (Å²) in [7, 11) is 0. The van der Waals surface area contributed by atoms with Gasteiger partial charge in [-0.25, -0.2) is 0 Å². The Bertz CT molecular complexity index is 863. The highest BCUT2D eigenvalue weighted by molar-refractivity contribution is 6.00. The second kappa shape index (κ2) is 8.66. The van der Waals surface area contributed by atoms with E-state index in [1.165, 1.54) is 5.56 Å². The largest absolute Gasteiger partial charge is 0.479 e. The average Bonchev–Trinajstić information content (AvgIpc) is 2.75. The monoisotopic (exact) mass is 393 g/mol. The lowest BCUT2D eigenvalue weighted by Gasteiger charge is -2.36.